The average Bonchev–Trinajstić information content (AvgIpc) is 2.59. The maximum absolute atomic E-state index is 12.2. The van der Waals surface area contributed by atoms with Crippen LogP contribution in [0.4, 0.5) is 5.69 Å². The molecule has 2 aromatic carbocycles. The number of amides is 1. The molecule has 3 nitrogen and oxygen atoms in total. The van der Waals surface area contributed by atoms with E-state index >= 15 is 0 Å². The third kappa shape index (κ3) is 4.82. The molecule has 0 aliphatic carbocycles. The van der Waals surface area contributed by atoms with Gasteiger partial charge in [0.1, 0.15) is 0 Å². The van der Waals surface area contributed by atoms with E-state index in [1.807, 2.05) is 19.1 Å². The molecule has 1 N–H and O–H groups in total. The number of nitrogens with one attached hydrogen (secondary N) is 1. The summed E-state index contributed by atoms with van der Waals surface area (Å²) in [5.41, 5.74) is 6.41. The lowest BCUT2D eigenvalue weighted by Crippen LogP contribution is -2.12. The molecule has 5 heteroatoms. The minimum Gasteiger partial charge on any atom is -0.326 e. The summed E-state index contributed by atoms with van der Waals surface area (Å²) in [7, 11) is 0. The van der Waals surface area contributed by atoms with Crippen LogP contribution in [-0.2, 0) is 4.79 Å². The zero-order chi connectivity index (χ0) is 19.6. The fourth-order valence-corrected chi connectivity index (χ4v) is 4.12. The van der Waals surface area contributed by atoms with E-state index in [0.29, 0.717) is 17.2 Å². The van der Waals surface area contributed by atoms with Crippen molar-refractivity contribution < 1.29 is 4.79 Å². The van der Waals surface area contributed by atoms with Crippen LogP contribution in [0.2, 0.25) is 5.02 Å². The second-order valence-electron chi connectivity index (χ2n) is 6.87. The molecule has 140 valence electrons. The third-order valence-electron chi connectivity index (χ3n) is 4.47. The van der Waals surface area contributed by atoms with Crippen molar-refractivity contribution in [3.8, 4) is 0 Å². The zero-order valence-corrected chi connectivity index (χ0v) is 17.6. The Kier molecular flexibility index (Phi) is 6.08. The van der Waals surface area contributed by atoms with Gasteiger partial charge >= 0.3 is 0 Å². The molecule has 0 bridgehead atoms. The highest BCUT2D eigenvalue weighted by Gasteiger charge is 2.09. The van der Waals surface area contributed by atoms with Crippen LogP contribution in [0.5, 0.6) is 0 Å². The van der Waals surface area contributed by atoms with Crippen LogP contribution >= 0.6 is 23.4 Å². The van der Waals surface area contributed by atoms with Crippen LogP contribution in [0.15, 0.2) is 41.4 Å². The predicted octanol–water partition coefficient (Wildman–Crippen LogP) is 6.24. The van der Waals surface area contributed by atoms with Gasteiger partial charge in [0, 0.05) is 28.3 Å². The lowest BCUT2D eigenvalue weighted by molar-refractivity contribution is -0.115. The number of thioether (sulfide) groups is 1. The Balaban J connectivity index is 1.63. The maximum Gasteiger partial charge on any atom is 0.225 e. The number of fused-ring (bicyclic) bond motifs is 1. The summed E-state index contributed by atoms with van der Waals surface area (Å²) >= 11 is 7.71. The first-order valence-electron chi connectivity index (χ1n) is 8.91. The van der Waals surface area contributed by atoms with Gasteiger partial charge in [-0.05, 0) is 68.7 Å². The fourth-order valence-electron chi connectivity index (χ4n) is 3.03. The molecule has 0 atom stereocenters. The van der Waals surface area contributed by atoms with E-state index in [0.717, 1.165) is 21.8 Å². The highest BCUT2D eigenvalue weighted by atomic mass is 35.5. The zero-order valence-electron chi connectivity index (χ0n) is 16.0. The molecule has 0 unspecified atom stereocenters. The first-order chi connectivity index (χ1) is 12.8. The van der Waals surface area contributed by atoms with E-state index in [-0.39, 0.29) is 5.91 Å². The quantitative estimate of drug-likeness (QED) is 0.517. The van der Waals surface area contributed by atoms with Crippen LogP contribution < -0.4 is 5.32 Å². The Bertz CT molecular complexity index is 1020. The topological polar surface area (TPSA) is 42.0 Å². The fraction of sp³-hybridized carbons (Fsp3) is 0.273. The molecule has 0 radical (unpaired) electrons. The van der Waals surface area contributed by atoms with E-state index in [9.17, 15) is 4.79 Å². The smallest absolute Gasteiger partial charge is 0.225 e. The van der Waals surface area contributed by atoms with Gasteiger partial charge < -0.3 is 5.32 Å². The number of aromatic nitrogens is 1. The van der Waals surface area contributed by atoms with Crippen LogP contribution in [-0.4, -0.2) is 16.6 Å². The number of carbonyl (C=O) groups is 1. The van der Waals surface area contributed by atoms with Crippen LogP contribution in [0.1, 0.15) is 28.7 Å². The Morgan fingerprint density at radius 1 is 1.04 bits per heavy atom. The monoisotopic (exact) mass is 398 g/mol. The molecule has 1 aromatic heterocycles. The standard InChI is InChI=1S/C22H23ClN2OS/c1-13-9-16(4)22-18(10-13)15(3)11-21(25-22)27-8-7-20(26)24-17-6-5-14(2)19(23)12-17/h5-6,9-12H,7-8H2,1-4H3,(H,24,26). The number of carbonyl (C=O) groups excluding carboxylic acids is 1. The van der Waals surface area contributed by atoms with Gasteiger partial charge in [0.05, 0.1) is 10.5 Å². The summed E-state index contributed by atoms with van der Waals surface area (Å²) in [4.78, 5) is 17.0. The van der Waals surface area contributed by atoms with Crippen molar-refractivity contribution >= 4 is 45.9 Å². The second kappa shape index (κ2) is 8.32. The molecule has 0 aliphatic heterocycles. The number of rotatable bonds is 5. The first-order valence-corrected chi connectivity index (χ1v) is 10.3. The summed E-state index contributed by atoms with van der Waals surface area (Å²) in [6.07, 6.45) is 0.418. The summed E-state index contributed by atoms with van der Waals surface area (Å²) in [6.45, 7) is 8.25. The SMILES string of the molecule is Cc1cc(C)c2nc(SCCC(=O)Nc3ccc(C)c(Cl)c3)cc(C)c2c1. The molecular formula is C22H23ClN2OS. The lowest BCUT2D eigenvalue weighted by Gasteiger charge is -2.10. The Morgan fingerprint density at radius 3 is 2.56 bits per heavy atom. The Labute approximate surface area is 169 Å². The highest BCUT2D eigenvalue weighted by Crippen LogP contribution is 2.27. The van der Waals surface area contributed by atoms with Crippen molar-refractivity contribution in [3.63, 3.8) is 0 Å². The highest BCUT2D eigenvalue weighted by molar-refractivity contribution is 7.99. The van der Waals surface area contributed by atoms with Gasteiger partial charge in [0.25, 0.3) is 0 Å². The molecular weight excluding hydrogens is 376 g/mol. The number of halogens is 1. The van der Waals surface area contributed by atoms with Gasteiger partial charge in [-0.2, -0.15) is 0 Å². The van der Waals surface area contributed by atoms with Gasteiger partial charge in [-0.25, -0.2) is 4.98 Å². The van der Waals surface area contributed by atoms with Crippen molar-refractivity contribution in [3.05, 3.63) is 63.7 Å². The average molecular weight is 399 g/mol. The Hall–Kier alpha value is -2.04. The van der Waals surface area contributed by atoms with E-state index in [2.05, 4.69) is 44.3 Å². The van der Waals surface area contributed by atoms with Crippen molar-refractivity contribution in [1.82, 2.24) is 4.98 Å². The minimum absolute atomic E-state index is 0.0215. The number of hydrogen-bond donors (Lipinski definition) is 1. The molecule has 0 saturated carbocycles. The van der Waals surface area contributed by atoms with Gasteiger partial charge in [-0.1, -0.05) is 29.3 Å². The molecule has 1 amide bonds. The summed E-state index contributed by atoms with van der Waals surface area (Å²) in [5.74, 6) is 0.653. The van der Waals surface area contributed by atoms with Crippen LogP contribution in [0.3, 0.4) is 0 Å². The third-order valence-corrected chi connectivity index (χ3v) is 5.79. The van der Waals surface area contributed by atoms with E-state index in [4.69, 9.17) is 16.6 Å². The molecule has 0 fully saturated rings. The van der Waals surface area contributed by atoms with Gasteiger partial charge in [-0.3, -0.25) is 4.79 Å². The molecule has 0 spiro atoms. The predicted molar refractivity (Wildman–Crippen MR) is 116 cm³/mol. The normalized spacial score (nSPS) is 11.0. The molecule has 0 aliphatic rings. The first kappa shape index (κ1) is 19.7. The lowest BCUT2D eigenvalue weighted by atomic mass is 10.0. The molecule has 27 heavy (non-hydrogen) atoms. The van der Waals surface area contributed by atoms with Crippen LogP contribution in [0.25, 0.3) is 10.9 Å². The Morgan fingerprint density at radius 2 is 1.81 bits per heavy atom. The molecule has 0 saturated heterocycles. The van der Waals surface area contributed by atoms with E-state index in [1.165, 1.54) is 22.1 Å². The number of anilines is 1. The van der Waals surface area contributed by atoms with Gasteiger partial charge in [0.2, 0.25) is 5.91 Å². The second-order valence-corrected chi connectivity index (χ2v) is 8.39. The number of nitrogens with zero attached hydrogens (tertiary/aromatic N) is 1. The maximum atomic E-state index is 12.2. The number of hydrogen-bond acceptors (Lipinski definition) is 3. The van der Waals surface area contributed by atoms with Gasteiger partial charge in [0.15, 0.2) is 0 Å². The number of benzene rings is 2. The van der Waals surface area contributed by atoms with Crippen LogP contribution in [0, 0.1) is 27.7 Å². The van der Waals surface area contributed by atoms with E-state index < -0.39 is 0 Å². The van der Waals surface area contributed by atoms with Crippen molar-refractivity contribution in [2.45, 2.75) is 39.1 Å². The van der Waals surface area contributed by atoms with Crippen molar-refractivity contribution in [2.75, 3.05) is 11.1 Å². The summed E-state index contributed by atoms with van der Waals surface area (Å²) in [5, 5.41) is 5.71. The number of aryl methyl sites for hydroxylation is 4. The minimum atomic E-state index is -0.0215. The number of pyridine rings is 1. The molecule has 3 aromatic rings. The van der Waals surface area contributed by atoms with Crippen molar-refractivity contribution in [1.29, 1.82) is 0 Å². The van der Waals surface area contributed by atoms with Crippen molar-refractivity contribution in [2.24, 2.45) is 0 Å². The van der Waals surface area contributed by atoms with E-state index in [1.54, 1.807) is 17.8 Å². The molecule has 1 heterocycles. The summed E-state index contributed by atoms with van der Waals surface area (Å²) < 4.78 is 0. The summed E-state index contributed by atoms with van der Waals surface area (Å²) in [6, 6.07) is 12.0. The molecule has 3 rings (SSSR count). The largest absolute Gasteiger partial charge is 0.326 e. The van der Waals surface area contributed by atoms with Gasteiger partial charge in [-0.15, -0.1) is 11.8 Å².